The first-order valence-electron chi connectivity index (χ1n) is 8.37. The van der Waals surface area contributed by atoms with E-state index in [1.807, 2.05) is 31.3 Å². The average Bonchev–Trinajstić information content (AvgIpc) is 3.10. The summed E-state index contributed by atoms with van der Waals surface area (Å²) in [4.78, 5) is 4.52. The molecule has 24 heavy (non-hydrogen) atoms. The van der Waals surface area contributed by atoms with E-state index in [0.717, 1.165) is 33.2 Å². The van der Waals surface area contributed by atoms with Crippen LogP contribution in [0.15, 0.2) is 29.4 Å². The smallest absolute Gasteiger partial charge is 0.204 e. The van der Waals surface area contributed by atoms with E-state index in [1.165, 1.54) is 25.0 Å². The fourth-order valence-corrected chi connectivity index (χ4v) is 3.51. The van der Waals surface area contributed by atoms with Crippen molar-refractivity contribution in [1.82, 2.24) is 14.8 Å². The maximum atomic E-state index is 4.63. The Morgan fingerprint density at radius 3 is 2.88 bits per heavy atom. The lowest BCUT2D eigenvalue weighted by Crippen LogP contribution is -2.03. The molecule has 2 aromatic heterocycles. The van der Waals surface area contributed by atoms with Gasteiger partial charge in [0.2, 0.25) is 5.13 Å². The number of fused-ring (bicyclic) bond motifs is 1. The molecule has 0 aliphatic carbocycles. The molecule has 0 saturated carbocycles. The highest BCUT2D eigenvalue weighted by Gasteiger charge is 2.09. The van der Waals surface area contributed by atoms with E-state index in [4.69, 9.17) is 0 Å². The Morgan fingerprint density at radius 2 is 2.08 bits per heavy atom. The predicted molar refractivity (Wildman–Crippen MR) is 102 cm³/mol. The third kappa shape index (κ3) is 3.64. The van der Waals surface area contributed by atoms with E-state index in [-0.39, 0.29) is 0 Å². The highest BCUT2D eigenvalue weighted by molar-refractivity contribution is 7.22. The lowest BCUT2D eigenvalue weighted by Gasteiger charge is -2.03. The molecule has 0 saturated heterocycles. The standard InChI is InChI=1S/C18H23N5S/c1-4-5-8-11-23-14(3)15(13(2)22-23)12-19-21-18-20-16-9-6-7-10-17(16)24-18/h6-7,9-10,12H,4-5,8,11H2,1-3H3,(H,20,21)/b19-12+. The quantitative estimate of drug-likeness (QED) is 0.383. The molecular weight excluding hydrogens is 318 g/mol. The number of hydrogen-bond acceptors (Lipinski definition) is 5. The Hall–Kier alpha value is -2.21. The van der Waals surface area contributed by atoms with Gasteiger partial charge in [-0.25, -0.2) is 4.98 Å². The summed E-state index contributed by atoms with van der Waals surface area (Å²) in [6.45, 7) is 7.32. The Balaban J connectivity index is 1.69. The van der Waals surface area contributed by atoms with Crippen LogP contribution in [0.5, 0.6) is 0 Å². The third-order valence-electron chi connectivity index (χ3n) is 4.06. The largest absolute Gasteiger partial charge is 0.269 e. The number of hydrazone groups is 1. The topological polar surface area (TPSA) is 55.1 Å². The van der Waals surface area contributed by atoms with Crippen molar-refractivity contribution in [3.8, 4) is 0 Å². The molecule has 2 heterocycles. The monoisotopic (exact) mass is 341 g/mol. The van der Waals surface area contributed by atoms with E-state index < -0.39 is 0 Å². The zero-order valence-electron chi connectivity index (χ0n) is 14.4. The van der Waals surface area contributed by atoms with Gasteiger partial charge in [0.25, 0.3) is 0 Å². The summed E-state index contributed by atoms with van der Waals surface area (Å²) in [5.74, 6) is 0. The Labute approximate surface area is 146 Å². The van der Waals surface area contributed by atoms with Crippen LogP contribution in [0.3, 0.4) is 0 Å². The summed E-state index contributed by atoms with van der Waals surface area (Å²) in [5.41, 5.74) is 7.30. The predicted octanol–water partition coefficient (Wildman–Crippen LogP) is 4.75. The Bertz CT molecular complexity index is 813. The summed E-state index contributed by atoms with van der Waals surface area (Å²) >= 11 is 1.60. The first-order chi connectivity index (χ1) is 11.7. The fraction of sp³-hybridized carbons (Fsp3) is 0.389. The second-order valence-corrected chi connectivity index (χ2v) is 6.90. The molecule has 0 aliphatic heterocycles. The second kappa shape index (κ2) is 7.57. The molecular formula is C18H23N5S. The second-order valence-electron chi connectivity index (χ2n) is 5.87. The van der Waals surface area contributed by atoms with Crippen LogP contribution >= 0.6 is 11.3 Å². The van der Waals surface area contributed by atoms with E-state index in [1.54, 1.807) is 11.3 Å². The van der Waals surface area contributed by atoms with Crippen molar-refractivity contribution in [1.29, 1.82) is 0 Å². The molecule has 3 aromatic rings. The van der Waals surface area contributed by atoms with Gasteiger partial charge in [-0.3, -0.25) is 10.1 Å². The molecule has 0 unspecified atom stereocenters. The molecule has 0 amide bonds. The number of hydrogen-bond donors (Lipinski definition) is 1. The van der Waals surface area contributed by atoms with E-state index in [2.05, 4.69) is 45.2 Å². The summed E-state index contributed by atoms with van der Waals surface area (Å²) in [5, 5.41) is 9.79. The van der Waals surface area contributed by atoms with Gasteiger partial charge in [0.1, 0.15) is 0 Å². The Kier molecular flexibility index (Phi) is 5.25. The molecule has 1 N–H and O–H groups in total. The highest BCUT2D eigenvalue weighted by Crippen LogP contribution is 2.25. The minimum atomic E-state index is 0.804. The summed E-state index contributed by atoms with van der Waals surface area (Å²) in [6.07, 6.45) is 5.47. The van der Waals surface area contributed by atoms with Crippen LogP contribution in [-0.4, -0.2) is 21.0 Å². The van der Waals surface area contributed by atoms with Crippen LogP contribution in [0, 0.1) is 13.8 Å². The van der Waals surface area contributed by atoms with Gasteiger partial charge in [-0.1, -0.05) is 43.2 Å². The molecule has 0 radical (unpaired) electrons. The summed E-state index contributed by atoms with van der Waals surface area (Å²) < 4.78 is 3.25. The molecule has 0 spiro atoms. The van der Waals surface area contributed by atoms with Crippen LogP contribution < -0.4 is 5.43 Å². The first kappa shape index (κ1) is 16.6. The van der Waals surface area contributed by atoms with Crippen molar-refractivity contribution in [2.75, 3.05) is 5.43 Å². The van der Waals surface area contributed by atoms with E-state index in [9.17, 15) is 0 Å². The van der Waals surface area contributed by atoms with Crippen LogP contribution in [-0.2, 0) is 6.54 Å². The lowest BCUT2D eigenvalue weighted by atomic mass is 10.2. The van der Waals surface area contributed by atoms with E-state index >= 15 is 0 Å². The van der Waals surface area contributed by atoms with Gasteiger partial charge in [0.15, 0.2) is 0 Å². The Morgan fingerprint density at radius 1 is 1.25 bits per heavy atom. The minimum Gasteiger partial charge on any atom is -0.269 e. The van der Waals surface area contributed by atoms with Gasteiger partial charge in [0, 0.05) is 17.8 Å². The van der Waals surface area contributed by atoms with Gasteiger partial charge in [-0.05, 0) is 32.4 Å². The molecule has 126 valence electrons. The van der Waals surface area contributed by atoms with Gasteiger partial charge < -0.3 is 0 Å². The normalized spacial score (nSPS) is 11.6. The van der Waals surface area contributed by atoms with Crippen molar-refractivity contribution in [2.45, 2.75) is 46.6 Å². The molecule has 3 rings (SSSR count). The third-order valence-corrected chi connectivity index (χ3v) is 5.00. The van der Waals surface area contributed by atoms with Gasteiger partial charge >= 0.3 is 0 Å². The van der Waals surface area contributed by atoms with Crippen molar-refractivity contribution in [3.63, 3.8) is 0 Å². The summed E-state index contributed by atoms with van der Waals surface area (Å²) in [7, 11) is 0. The molecule has 0 fully saturated rings. The fourth-order valence-electron chi connectivity index (χ4n) is 2.70. The van der Waals surface area contributed by atoms with Crippen LogP contribution in [0.4, 0.5) is 5.13 Å². The van der Waals surface area contributed by atoms with Crippen molar-refractivity contribution < 1.29 is 0 Å². The minimum absolute atomic E-state index is 0.804. The number of nitrogens with one attached hydrogen (secondary N) is 1. The number of unbranched alkanes of at least 4 members (excludes halogenated alkanes) is 2. The maximum absolute atomic E-state index is 4.63. The zero-order valence-corrected chi connectivity index (χ0v) is 15.2. The van der Waals surface area contributed by atoms with E-state index in [0.29, 0.717) is 0 Å². The number of benzene rings is 1. The van der Waals surface area contributed by atoms with Crippen LogP contribution in [0.1, 0.15) is 43.1 Å². The number of para-hydroxylation sites is 1. The van der Waals surface area contributed by atoms with Crippen LogP contribution in [0.2, 0.25) is 0 Å². The first-order valence-corrected chi connectivity index (χ1v) is 9.19. The average molecular weight is 341 g/mol. The maximum Gasteiger partial charge on any atom is 0.204 e. The number of nitrogens with zero attached hydrogens (tertiary/aromatic N) is 4. The number of rotatable bonds is 7. The van der Waals surface area contributed by atoms with Crippen molar-refractivity contribution >= 4 is 32.9 Å². The molecule has 5 nitrogen and oxygen atoms in total. The molecule has 1 aromatic carbocycles. The molecule has 0 aliphatic rings. The summed E-state index contributed by atoms with van der Waals surface area (Å²) in [6, 6.07) is 8.09. The van der Waals surface area contributed by atoms with Crippen molar-refractivity contribution in [3.05, 3.63) is 41.2 Å². The SMILES string of the molecule is CCCCCn1nc(C)c(/C=N/Nc2nc3ccccc3s2)c1C. The zero-order chi connectivity index (χ0) is 16.9. The van der Waals surface area contributed by atoms with Crippen LogP contribution in [0.25, 0.3) is 10.2 Å². The highest BCUT2D eigenvalue weighted by atomic mass is 32.1. The lowest BCUT2D eigenvalue weighted by molar-refractivity contribution is 0.540. The molecule has 0 atom stereocenters. The number of aromatic nitrogens is 3. The number of aryl methyl sites for hydroxylation is 2. The molecule has 0 bridgehead atoms. The number of anilines is 1. The molecule has 6 heteroatoms. The van der Waals surface area contributed by atoms with Gasteiger partial charge in [-0.15, -0.1) is 0 Å². The van der Waals surface area contributed by atoms with Crippen molar-refractivity contribution in [2.24, 2.45) is 5.10 Å². The van der Waals surface area contributed by atoms with Gasteiger partial charge in [-0.2, -0.15) is 10.2 Å². The van der Waals surface area contributed by atoms with Gasteiger partial charge in [0.05, 0.1) is 22.1 Å². The number of thiazole rings is 1.